The Morgan fingerprint density at radius 1 is 1.38 bits per heavy atom. The van der Waals surface area contributed by atoms with E-state index in [1.54, 1.807) is 0 Å². The van der Waals surface area contributed by atoms with Gasteiger partial charge >= 0.3 is 65.5 Å². The van der Waals surface area contributed by atoms with Crippen LogP contribution in [0.5, 0.6) is 0 Å². The van der Waals surface area contributed by atoms with Crippen molar-refractivity contribution in [3.05, 3.63) is 0 Å². The van der Waals surface area contributed by atoms with Crippen LogP contribution in [0.3, 0.4) is 0 Å². The van der Waals surface area contributed by atoms with E-state index in [0.717, 1.165) is 5.92 Å². The number of hydrogen-bond donors (Lipinski definition) is 0. The van der Waals surface area contributed by atoms with Gasteiger partial charge in [0.25, 0.3) is 0 Å². The van der Waals surface area contributed by atoms with E-state index in [1.807, 2.05) is 0 Å². The van der Waals surface area contributed by atoms with Crippen LogP contribution < -0.4 is 0 Å². The summed E-state index contributed by atoms with van der Waals surface area (Å²) in [7, 11) is 5.05. The summed E-state index contributed by atoms with van der Waals surface area (Å²) in [4.78, 5) is 0. The van der Waals surface area contributed by atoms with Crippen LogP contribution in [0.4, 0.5) is 0 Å². The van der Waals surface area contributed by atoms with Gasteiger partial charge in [-0.25, -0.2) is 0 Å². The number of hydrogen-bond acceptors (Lipinski definition) is 1. The van der Waals surface area contributed by atoms with Crippen LogP contribution >= 0.6 is 9.29 Å². The van der Waals surface area contributed by atoms with E-state index in [0.29, 0.717) is 0 Å². The fourth-order valence-electron chi connectivity index (χ4n) is 0.758. The maximum atomic E-state index is 5.05. The van der Waals surface area contributed by atoms with Crippen LogP contribution in [0.15, 0.2) is 0 Å². The molecule has 0 atom stereocenters. The van der Waals surface area contributed by atoms with Crippen molar-refractivity contribution < 1.29 is 0 Å². The molecule has 0 unspecified atom stereocenters. The Kier molecular flexibility index (Phi) is 6.93. The van der Waals surface area contributed by atoms with Gasteiger partial charge < -0.3 is 0 Å². The molecule has 0 fully saturated rings. The molecule has 0 aromatic rings. The molecule has 0 aliphatic heterocycles. The fraction of sp³-hybridized carbons (Fsp3) is 1.00. The van der Waals surface area contributed by atoms with Gasteiger partial charge in [-0.2, -0.15) is 0 Å². The van der Waals surface area contributed by atoms with E-state index in [-0.39, 0.29) is 0 Å². The van der Waals surface area contributed by atoms with E-state index >= 15 is 0 Å². The zero-order valence-corrected chi connectivity index (χ0v) is 9.80. The predicted molar refractivity (Wildman–Crippen MR) is 43.6 cm³/mol. The summed E-state index contributed by atoms with van der Waals surface area (Å²) in [6.45, 7) is 4.53. The van der Waals surface area contributed by atoms with Crippen LogP contribution in [-0.2, 0) is 0 Å². The topological polar surface area (TPSA) is 0 Å². The van der Waals surface area contributed by atoms with Gasteiger partial charge in [-0.3, -0.25) is 0 Å². The molecule has 0 nitrogen and oxygen atoms in total. The third kappa shape index (κ3) is 3.95. The summed E-state index contributed by atoms with van der Waals surface area (Å²) >= 11 is -0.443. The van der Waals surface area contributed by atoms with Gasteiger partial charge in [0.05, 0.1) is 0 Å². The van der Waals surface area contributed by atoms with Crippen LogP contribution in [0.2, 0.25) is 4.44 Å². The van der Waals surface area contributed by atoms with E-state index in [9.17, 15) is 0 Å². The third-order valence-electron chi connectivity index (χ3n) is 1.58. The minimum absolute atomic E-state index is 0.443. The molecule has 0 aromatic heterocycles. The average molecular weight is 237 g/mol. The second kappa shape index (κ2) is 6.14. The first-order valence-corrected chi connectivity index (χ1v) is 10.1. The molecule has 0 saturated carbocycles. The van der Waals surface area contributed by atoms with Crippen molar-refractivity contribution in [2.24, 2.45) is 5.92 Å². The Hall–Kier alpha value is 1.02. The molecule has 0 aromatic carbocycles. The van der Waals surface area contributed by atoms with Crippen LogP contribution in [0.1, 0.15) is 26.7 Å². The van der Waals surface area contributed by atoms with Crippen molar-refractivity contribution in [3.8, 4) is 0 Å². The van der Waals surface area contributed by atoms with E-state index in [4.69, 9.17) is 9.29 Å². The number of rotatable bonds is 4. The Labute approximate surface area is 65.4 Å². The first-order valence-electron chi connectivity index (χ1n) is 3.28. The minimum atomic E-state index is -0.443. The summed E-state index contributed by atoms with van der Waals surface area (Å²) < 4.78 is 1.43. The molecule has 2 heteroatoms. The van der Waals surface area contributed by atoms with E-state index in [2.05, 4.69) is 13.8 Å². The molecule has 0 rings (SSSR count). The summed E-state index contributed by atoms with van der Waals surface area (Å²) in [5.41, 5.74) is 0. The predicted octanol–water partition coefficient (Wildman–Crippen LogP) is 2.39. The molecular formula is C6H14SSn. The monoisotopic (exact) mass is 238 g/mol. The van der Waals surface area contributed by atoms with Crippen molar-refractivity contribution in [2.75, 3.05) is 0 Å². The normalized spacial score (nSPS) is 9.88. The average Bonchev–Trinajstić information content (AvgIpc) is 1.83. The van der Waals surface area contributed by atoms with Gasteiger partial charge in [-0.05, 0) is 0 Å². The second-order valence-electron chi connectivity index (χ2n) is 2.08. The van der Waals surface area contributed by atoms with Crippen LogP contribution in [-0.4, -0.2) is 19.2 Å². The zero-order valence-electron chi connectivity index (χ0n) is 5.68. The summed E-state index contributed by atoms with van der Waals surface area (Å²) in [6.07, 6.45) is 2.69. The van der Waals surface area contributed by atoms with Crippen molar-refractivity contribution in [1.29, 1.82) is 0 Å². The van der Waals surface area contributed by atoms with E-state index < -0.39 is 19.2 Å². The van der Waals surface area contributed by atoms with Gasteiger partial charge in [0.2, 0.25) is 0 Å². The van der Waals surface area contributed by atoms with Gasteiger partial charge in [0.15, 0.2) is 0 Å². The molecule has 0 bridgehead atoms. The van der Waals surface area contributed by atoms with Crippen molar-refractivity contribution in [2.45, 2.75) is 31.1 Å². The van der Waals surface area contributed by atoms with Gasteiger partial charge in [-0.1, -0.05) is 0 Å². The van der Waals surface area contributed by atoms with Crippen molar-refractivity contribution in [3.63, 3.8) is 0 Å². The maximum absolute atomic E-state index is 5.05. The Balaban J connectivity index is 3.20. The van der Waals surface area contributed by atoms with E-state index in [1.165, 1.54) is 17.3 Å². The molecule has 0 spiro atoms. The molecule has 0 amide bonds. The molecule has 0 aliphatic rings. The Morgan fingerprint density at radius 2 is 1.88 bits per heavy atom. The first kappa shape index (κ1) is 9.02. The van der Waals surface area contributed by atoms with Crippen LogP contribution in [0, 0.1) is 5.92 Å². The zero-order chi connectivity index (χ0) is 6.41. The Bertz CT molecular complexity index is 59.5. The standard InChI is InChI=1S/C6H13.S.Sn.H/c1-4-6(3)5-2;;;/h6H,3-5H2,1-2H3;;;. The first-order chi connectivity index (χ1) is 3.85. The quantitative estimate of drug-likeness (QED) is 0.676. The molecule has 48 valence electrons. The second-order valence-corrected chi connectivity index (χ2v) is 6.62. The summed E-state index contributed by atoms with van der Waals surface area (Å²) in [6, 6.07) is 0. The third-order valence-corrected chi connectivity index (χ3v) is 5.33. The van der Waals surface area contributed by atoms with Gasteiger partial charge in [0, 0.05) is 0 Å². The molecular weight excluding hydrogens is 223 g/mol. The SMILES string of the molecule is CCC(CC)[CH2][SnH]=[S]. The molecule has 0 saturated heterocycles. The molecule has 8 heavy (non-hydrogen) atoms. The summed E-state index contributed by atoms with van der Waals surface area (Å²) in [5.74, 6) is 0.980. The fourth-order valence-corrected chi connectivity index (χ4v) is 5.26. The summed E-state index contributed by atoms with van der Waals surface area (Å²) in [5, 5.41) is 0. The molecule has 0 N–H and O–H groups in total. The molecule has 0 aliphatic carbocycles. The van der Waals surface area contributed by atoms with Crippen molar-refractivity contribution >= 4 is 28.5 Å². The van der Waals surface area contributed by atoms with Crippen molar-refractivity contribution in [1.82, 2.24) is 0 Å². The molecule has 0 radical (unpaired) electrons. The molecule has 0 heterocycles. The Morgan fingerprint density at radius 3 is 2.00 bits per heavy atom. The van der Waals surface area contributed by atoms with Gasteiger partial charge in [0.1, 0.15) is 0 Å². The van der Waals surface area contributed by atoms with Gasteiger partial charge in [-0.15, -0.1) is 0 Å². The van der Waals surface area contributed by atoms with Crippen LogP contribution in [0.25, 0.3) is 0 Å².